The molecule has 4 nitrogen and oxygen atoms in total. The lowest BCUT2D eigenvalue weighted by Crippen LogP contribution is -2.10. The summed E-state index contributed by atoms with van der Waals surface area (Å²) in [6, 6.07) is 9.97. The number of hydrogen-bond donors (Lipinski definition) is 1. The standard InChI is InChI=1S/C14H11BrFNO3S/c1-21(19,20)17-11-5-2-9(3-6-11)14(18)12-7-4-10(15)8-13(12)16/h2-8,17H,1H3. The molecule has 0 bridgehead atoms. The summed E-state index contributed by atoms with van der Waals surface area (Å²) in [6.07, 6.45) is 1.03. The zero-order chi connectivity index (χ0) is 15.6. The first kappa shape index (κ1) is 15.7. The average Bonchev–Trinajstić information content (AvgIpc) is 2.37. The maximum Gasteiger partial charge on any atom is 0.229 e. The van der Waals surface area contributed by atoms with Gasteiger partial charge >= 0.3 is 0 Å². The Balaban J connectivity index is 2.28. The fourth-order valence-electron chi connectivity index (χ4n) is 1.73. The number of hydrogen-bond acceptors (Lipinski definition) is 3. The Hall–Kier alpha value is -1.73. The number of ketones is 1. The van der Waals surface area contributed by atoms with Crippen molar-refractivity contribution in [1.82, 2.24) is 0 Å². The van der Waals surface area contributed by atoms with Gasteiger partial charge in [-0.05, 0) is 42.5 Å². The molecule has 21 heavy (non-hydrogen) atoms. The molecule has 0 amide bonds. The van der Waals surface area contributed by atoms with E-state index in [0.717, 1.165) is 6.26 Å². The van der Waals surface area contributed by atoms with Gasteiger partial charge in [-0.25, -0.2) is 12.8 Å². The van der Waals surface area contributed by atoms with Crippen LogP contribution in [0.2, 0.25) is 0 Å². The molecule has 0 fully saturated rings. The highest BCUT2D eigenvalue weighted by Crippen LogP contribution is 2.19. The second-order valence-electron chi connectivity index (χ2n) is 4.40. The lowest BCUT2D eigenvalue weighted by atomic mass is 10.0. The smallest absolute Gasteiger partial charge is 0.229 e. The van der Waals surface area contributed by atoms with Crippen LogP contribution in [-0.4, -0.2) is 20.5 Å². The van der Waals surface area contributed by atoms with Crippen molar-refractivity contribution in [3.63, 3.8) is 0 Å². The molecule has 0 unspecified atom stereocenters. The van der Waals surface area contributed by atoms with Gasteiger partial charge in [0.1, 0.15) is 5.82 Å². The molecular formula is C14H11BrFNO3S. The van der Waals surface area contributed by atoms with Crippen LogP contribution in [0.1, 0.15) is 15.9 Å². The summed E-state index contributed by atoms with van der Waals surface area (Å²) in [5.41, 5.74) is 0.572. The summed E-state index contributed by atoms with van der Waals surface area (Å²) >= 11 is 3.12. The molecule has 0 radical (unpaired) electrons. The Morgan fingerprint density at radius 3 is 2.29 bits per heavy atom. The molecule has 0 saturated carbocycles. The zero-order valence-corrected chi connectivity index (χ0v) is 13.3. The van der Waals surface area contributed by atoms with Crippen molar-refractivity contribution in [2.75, 3.05) is 11.0 Å². The molecule has 0 heterocycles. The van der Waals surface area contributed by atoms with E-state index in [1.165, 1.54) is 36.4 Å². The maximum absolute atomic E-state index is 13.7. The normalized spacial score (nSPS) is 11.2. The van der Waals surface area contributed by atoms with Gasteiger partial charge in [0, 0.05) is 15.7 Å². The zero-order valence-electron chi connectivity index (χ0n) is 10.9. The number of benzene rings is 2. The van der Waals surface area contributed by atoms with Crippen molar-refractivity contribution in [1.29, 1.82) is 0 Å². The van der Waals surface area contributed by atoms with E-state index in [0.29, 0.717) is 10.2 Å². The average molecular weight is 372 g/mol. The first-order chi connectivity index (χ1) is 9.76. The van der Waals surface area contributed by atoms with Crippen LogP contribution in [0.5, 0.6) is 0 Å². The minimum absolute atomic E-state index is 0.0398. The van der Waals surface area contributed by atoms with Gasteiger partial charge in [0.2, 0.25) is 10.0 Å². The molecule has 2 aromatic rings. The Kier molecular flexibility index (Phi) is 4.43. The van der Waals surface area contributed by atoms with E-state index in [2.05, 4.69) is 20.7 Å². The molecule has 0 aromatic heterocycles. The lowest BCUT2D eigenvalue weighted by Gasteiger charge is -2.06. The highest BCUT2D eigenvalue weighted by Gasteiger charge is 2.14. The molecule has 0 aliphatic heterocycles. The minimum atomic E-state index is -3.37. The SMILES string of the molecule is CS(=O)(=O)Nc1ccc(C(=O)c2ccc(Br)cc2F)cc1. The van der Waals surface area contributed by atoms with E-state index >= 15 is 0 Å². The first-order valence-corrected chi connectivity index (χ1v) is 8.52. The largest absolute Gasteiger partial charge is 0.288 e. The van der Waals surface area contributed by atoms with Gasteiger partial charge in [-0.1, -0.05) is 15.9 Å². The van der Waals surface area contributed by atoms with Crippen LogP contribution in [0.25, 0.3) is 0 Å². The van der Waals surface area contributed by atoms with E-state index in [1.807, 2.05) is 0 Å². The highest BCUT2D eigenvalue weighted by molar-refractivity contribution is 9.10. The van der Waals surface area contributed by atoms with Crippen LogP contribution in [0, 0.1) is 5.82 Å². The van der Waals surface area contributed by atoms with Gasteiger partial charge < -0.3 is 0 Å². The predicted octanol–water partition coefficient (Wildman–Crippen LogP) is 3.19. The minimum Gasteiger partial charge on any atom is -0.288 e. The van der Waals surface area contributed by atoms with Crippen LogP contribution in [-0.2, 0) is 10.0 Å². The van der Waals surface area contributed by atoms with Crippen LogP contribution >= 0.6 is 15.9 Å². The van der Waals surface area contributed by atoms with Crippen molar-refractivity contribution in [2.24, 2.45) is 0 Å². The van der Waals surface area contributed by atoms with Crippen LogP contribution in [0.4, 0.5) is 10.1 Å². The number of halogens is 2. The molecule has 7 heteroatoms. The molecule has 2 rings (SSSR count). The Morgan fingerprint density at radius 2 is 1.76 bits per heavy atom. The number of rotatable bonds is 4. The third kappa shape index (κ3) is 4.12. The van der Waals surface area contributed by atoms with Crippen LogP contribution < -0.4 is 4.72 Å². The number of carbonyl (C=O) groups is 1. The molecule has 0 atom stereocenters. The summed E-state index contributed by atoms with van der Waals surface area (Å²) in [7, 11) is -3.37. The summed E-state index contributed by atoms with van der Waals surface area (Å²) in [5.74, 6) is -1.08. The summed E-state index contributed by atoms with van der Waals surface area (Å²) in [5, 5.41) is 0. The van der Waals surface area contributed by atoms with Crippen molar-refractivity contribution < 1.29 is 17.6 Å². The Bertz CT molecular complexity index is 788. The molecule has 0 aliphatic carbocycles. The molecule has 0 saturated heterocycles. The molecule has 0 aliphatic rings. The van der Waals surface area contributed by atoms with E-state index in [1.54, 1.807) is 6.07 Å². The van der Waals surface area contributed by atoms with E-state index in [-0.39, 0.29) is 11.1 Å². The van der Waals surface area contributed by atoms with Crippen LogP contribution in [0.3, 0.4) is 0 Å². The summed E-state index contributed by atoms with van der Waals surface area (Å²) in [6.45, 7) is 0. The quantitative estimate of drug-likeness (QED) is 0.839. The first-order valence-electron chi connectivity index (χ1n) is 5.84. The van der Waals surface area contributed by atoms with Gasteiger partial charge in [0.15, 0.2) is 5.78 Å². The van der Waals surface area contributed by atoms with E-state index in [4.69, 9.17) is 0 Å². The second-order valence-corrected chi connectivity index (χ2v) is 7.07. The van der Waals surface area contributed by atoms with Gasteiger partial charge in [-0.3, -0.25) is 9.52 Å². The Morgan fingerprint density at radius 1 is 1.14 bits per heavy atom. The summed E-state index contributed by atoms with van der Waals surface area (Å²) < 4.78 is 38.7. The third-order valence-corrected chi connectivity index (χ3v) is 3.73. The Labute approximate surface area is 130 Å². The topological polar surface area (TPSA) is 63.2 Å². The van der Waals surface area contributed by atoms with Gasteiger partial charge in [0.05, 0.1) is 11.8 Å². The van der Waals surface area contributed by atoms with Crippen molar-refractivity contribution >= 4 is 37.4 Å². The predicted molar refractivity (Wildman–Crippen MR) is 82.4 cm³/mol. The van der Waals surface area contributed by atoms with Gasteiger partial charge in [-0.2, -0.15) is 0 Å². The van der Waals surface area contributed by atoms with E-state index in [9.17, 15) is 17.6 Å². The number of carbonyl (C=O) groups excluding carboxylic acids is 1. The molecule has 1 N–H and O–H groups in total. The lowest BCUT2D eigenvalue weighted by molar-refractivity contribution is 0.103. The number of anilines is 1. The fraction of sp³-hybridized carbons (Fsp3) is 0.0714. The molecule has 2 aromatic carbocycles. The molecular weight excluding hydrogens is 361 g/mol. The fourth-order valence-corrected chi connectivity index (χ4v) is 2.63. The third-order valence-electron chi connectivity index (χ3n) is 2.63. The molecule has 110 valence electrons. The number of nitrogens with one attached hydrogen (secondary N) is 1. The van der Waals surface area contributed by atoms with Crippen LogP contribution in [0.15, 0.2) is 46.9 Å². The van der Waals surface area contributed by atoms with Crippen molar-refractivity contribution in [3.05, 3.63) is 63.9 Å². The van der Waals surface area contributed by atoms with Gasteiger partial charge in [-0.15, -0.1) is 0 Å². The number of sulfonamides is 1. The van der Waals surface area contributed by atoms with E-state index < -0.39 is 21.6 Å². The summed E-state index contributed by atoms with van der Waals surface area (Å²) in [4.78, 5) is 12.2. The second kappa shape index (κ2) is 5.95. The monoisotopic (exact) mass is 371 g/mol. The molecule has 0 spiro atoms. The van der Waals surface area contributed by atoms with Gasteiger partial charge in [0.25, 0.3) is 0 Å². The maximum atomic E-state index is 13.7. The van der Waals surface area contributed by atoms with Crippen molar-refractivity contribution in [2.45, 2.75) is 0 Å². The highest BCUT2D eigenvalue weighted by atomic mass is 79.9. The van der Waals surface area contributed by atoms with Crippen molar-refractivity contribution in [3.8, 4) is 0 Å².